The molecular weight excluding hydrogens is 334 g/mol. The lowest BCUT2D eigenvalue weighted by atomic mass is 9.93. The second-order valence-electron chi connectivity index (χ2n) is 8.10. The Bertz CT molecular complexity index is 677. The van der Waals surface area contributed by atoms with Gasteiger partial charge < -0.3 is 5.32 Å². The number of carbonyl (C=O) groups is 1. The Labute approximate surface area is 152 Å². The van der Waals surface area contributed by atoms with E-state index in [2.05, 4.69) is 57.3 Å². The highest BCUT2D eigenvalue weighted by atomic mass is 32.2. The fourth-order valence-corrected chi connectivity index (χ4v) is 5.36. The van der Waals surface area contributed by atoms with Crippen molar-refractivity contribution in [3.05, 3.63) is 35.4 Å². The first-order valence-corrected chi connectivity index (χ1v) is 11.1. The molecule has 5 heteroatoms. The number of nitrogens with one attached hydrogen (secondary N) is 1. The van der Waals surface area contributed by atoms with E-state index in [0.29, 0.717) is 18.8 Å². The summed E-state index contributed by atoms with van der Waals surface area (Å²) < 4.78 is 23.1. The van der Waals surface area contributed by atoms with Crippen molar-refractivity contribution in [3.63, 3.8) is 0 Å². The van der Waals surface area contributed by atoms with Crippen LogP contribution in [0.4, 0.5) is 0 Å². The van der Waals surface area contributed by atoms with Crippen molar-refractivity contribution in [3.8, 4) is 0 Å². The van der Waals surface area contributed by atoms with Crippen molar-refractivity contribution in [2.75, 3.05) is 11.5 Å². The maximum atomic E-state index is 12.4. The first-order chi connectivity index (χ1) is 11.7. The maximum Gasteiger partial charge on any atom is 0.220 e. The standard InChI is InChI=1S/C20H31NO3S/c1-14(2)11-16-5-7-18(8-6-16)20(15(3)4)21-19(22)12-17-9-10-25(23,24)13-17/h5-8,14-15,17,20H,9-13H2,1-4H3,(H,21,22). The average molecular weight is 366 g/mol. The van der Waals surface area contributed by atoms with Crippen molar-refractivity contribution in [1.82, 2.24) is 5.32 Å². The molecule has 0 spiro atoms. The number of hydrogen-bond acceptors (Lipinski definition) is 3. The van der Waals surface area contributed by atoms with Crippen LogP contribution in [0.3, 0.4) is 0 Å². The van der Waals surface area contributed by atoms with Gasteiger partial charge in [-0.15, -0.1) is 0 Å². The highest BCUT2D eigenvalue weighted by molar-refractivity contribution is 7.91. The molecule has 0 aromatic heterocycles. The Morgan fingerprint density at radius 1 is 1.16 bits per heavy atom. The average Bonchev–Trinajstić information content (AvgIpc) is 2.83. The zero-order valence-electron chi connectivity index (χ0n) is 15.8. The quantitative estimate of drug-likeness (QED) is 0.804. The molecule has 4 nitrogen and oxygen atoms in total. The third-order valence-electron chi connectivity index (χ3n) is 4.77. The van der Waals surface area contributed by atoms with Gasteiger partial charge in [0.2, 0.25) is 5.91 Å². The van der Waals surface area contributed by atoms with Crippen LogP contribution in [0.5, 0.6) is 0 Å². The van der Waals surface area contributed by atoms with Crippen LogP contribution in [0.15, 0.2) is 24.3 Å². The van der Waals surface area contributed by atoms with Gasteiger partial charge in [-0.2, -0.15) is 0 Å². The molecule has 140 valence electrons. The van der Waals surface area contributed by atoms with E-state index in [0.717, 1.165) is 12.0 Å². The van der Waals surface area contributed by atoms with Crippen LogP contribution in [0, 0.1) is 17.8 Å². The maximum absolute atomic E-state index is 12.4. The minimum Gasteiger partial charge on any atom is -0.349 e. The van der Waals surface area contributed by atoms with Crippen molar-refractivity contribution in [2.45, 2.75) is 53.0 Å². The highest BCUT2D eigenvalue weighted by Gasteiger charge is 2.30. The summed E-state index contributed by atoms with van der Waals surface area (Å²) in [6.45, 7) is 8.59. The Morgan fingerprint density at radius 3 is 2.28 bits per heavy atom. The van der Waals surface area contributed by atoms with Crippen LogP contribution in [0.1, 0.15) is 57.7 Å². The van der Waals surface area contributed by atoms with Gasteiger partial charge in [0.1, 0.15) is 0 Å². The number of hydrogen-bond donors (Lipinski definition) is 1. The number of sulfone groups is 1. The SMILES string of the molecule is CC(C)Cc1ccc(C(NC(=O)CC2CCS(=O)(=O)C2)C(C)C)cc1. The Hall–Kier alpha value is -1.36. The molecule has 1 aliphatic heterocycles. The molecule has 1 amide bonds. The Kier molecular flexibility index (Phi) is 6.66. The lowest BCUT2D eigenvalue weighted by molar-refractivity contribution is -0.122. The van der Waals surface area contributed by atoms with Gasteiger partial charge in [0, 0.05) is 6.42 Å². The smallest absolute Gasteiger partial charge is 0.220 e. The van der Waals surface area contributed by atoms with Crippen molar-refractivity contribution < 1.29 is 13.2 Å². The van der Waals surface area contributed by atoms with Gasteiger partial charge in [0.05, 0.1) is 17.5 Å². The number of amides is 1. The molecule has 1 aromatic rings. The second kappa shape index (κ2) is 8.35. The lowest BCUT2D eigenvalue weighted by Gasteiger charge is -2.24. The summed E-state index contributed by atoms with van der Waals surface area (Å²) in [4.78, 5) is 12.4. The highest BCUT2D eigenvalue weighted by Crippen LogP contribution is 2.25. The van der Waals surface area contributed by atoms with Crippen molar-refractivity contribution in [2.24, 2.45) is 17.8 Å². The van der Waals surface area contributed by atoms with Gasteiger partial charge in [-0.25, -0.2) is 8.42 Å². The van der Waals surface area contributed by atoms with E-state index < -0.39 is 9.84 Å². The van der Waals surface area contributed by atoms with Gasteiger partial charge in [-0.3, -0.25) is 4.79 Å². The molecule has 0 saturated carbocycles. The van der Waals surface area contributed by atoms with E-state index in [-0.39, 0.29) is 35.3 Å². The molecule has 1 N–H and O–H groups in total. The van der Waals surface area contributed by atoms with Crippen LogP contribution >= 0.6 is 0 Å². The molecule has 1 saturated heterocycles. The predicted octanol–water partition coefficient (Wildman–Crippen LogP) is 3.52. The number of rotatable bonds is 7. The minimum atomic E-state index is -2.93. The van der Waals surface area contributed by atoms with Crippen LogP contribution < -0.4 is 5.32 Å². The molecule has 0 aliphatic carbocycles. The molecule has 2 rings (SSSR count). The zero-order valence-corrected chi connectivity index (χ0v) is 16.6. The summed E-state index contributed by atoms with van der Waals surface area (Å²) >= 11 is 0. The summed E-state index contributed by atoms with van der Waals surface area (Å²) in [6.07, 6.45) is 1.95. The normalized spacial score (nSPS) is 20.8. The van der Waals surface area contributed by atoms with E-state index in [1.807, 2.05) is 0 Å². The van der Waals surface area contributed by atoms with E-state index in [4.69, 9.17) is 0 Å². The summed E-state index contributed by atoms with van der Waals surface area (Å²) in [7, 11) is -2.93. The molecular formula is C20H31NO3S. The van der Waals surface area contributed by atoms with E-state index in [1.165, 1.54) is 5.56 Å². The van der Waals surface area contributed by atoms with Crippen LogP contribution in [-0.2, 0) is 21.1 Å². The number of benzene rings is 1. The van der Waals surface area contributed by atoms with Gasteiger partial charge in [-0.05, 0) is 41.7 Å². The summed E-state index contributed by atoms with van der Waals surface area (Å²) in [5, 5.41) is 3.11. The molecule has 0 radical (unpaired) electrons. The van der Waals surface area contributed by atoms with E-state index >= 15 is 0 Å². The molecule has 2 unspecified atom stereocenters. The third-order valence-corrected chi connectivity index (χ3v) is 6.60. The van der Waals surface area contributed by atoms with E-state index in [1.54, 1.807) is 0 Å². The zero-order chi connectivity index (χ0) is 18.6. The Balaban J connectivity index is 1.99. The van der Waals surface area contributed by atoms with Crippen LogP contribution in [-0.4, -0.2) is 25.8 Å². The van der Waals surface area contributed by atoms with Crippen LogP contribution in [0.25, 0.3) is 0 Å². The van der Waals surface area contributed by atoms with Crippen molar-refractivity contribution >= 4 is 15.7 Å². The first-order valence-electron chi connectivity index (χ1n) is 9.25. The molecule has 0 bridgehead atoms. The molecule has 1 aliphatic rings. The van der Waals surface area contributed by atoms with Crippen LogP contribution in [0.2, 0.25) is 0 Å². The molecule has 1 aromatic carbocycles. The summed E-state index contributed by atoms with van der Waals surface area (Å²) in [6, 6.07) is 8.44. The van der Waals surface area contributed by atoms with Crippen molar-refractivity contribution in [1.29, 1.82) is 0 Å². The number of carbonyl (C=O) groups excluding carboxylic acids is 1. The third kappa shape index (κ3) is 6.14. The molecule has 1 heterocycles. The largest absolute Gasteiger partial charge is 0.349 e. The second-order valence-corrected chi connectivity index (χ2v) is 10.3. The predicted molar refractivity (Wildman–Crippen MR) is 102 cm³/mol. The summed E-state index contributed by atoms with van der Waals surface area (Å²) in [5.41, 5.74) is 2.42. The van der Waals surface area contributed by atoms with Gasteiger partial charge in [-0.1, -0.05) is 52.0 Å². The topological polar surface area (TPSA) is 63.2 Å². The molecule has 1 fully saturated rings. The van der Waals surface area contributed by atoms with Gasteiger partial charge >= 0.3 is 0 Å². The summed E-state index contributed by atoms with van der Waals surface area (Å²) in [5.74, 6) is 1.17. The van der Waals surface area contributed by atoms with Gasteiger partial charge in [0.25, 0.3) is 0 Å². The first kappa shape index (κ1) is 20.0. The minimum absolute atomic E-state index is 0.0359. The fraction of sp³-hybridized carbons (Fsp3) is 0.650. The van der Waals surface area contributed by atoms with Gasteiger partial charge in [0.15, 0.2) is 9.84 Å². The Morgan fingerprint density at radius 2 is 1.80 bits per heavy atom. The lowest BCUT2D eigenvalue weighted by Crippen LogP contribution is -2.33. The van der Waals surface area contributed by atoms with E-state index in [9.17, 15) is 13.2 Å². The fourth-order valence-electron chi connectivity index (χ4n) is 3.49. The molecule has 25 heavy (non-hydrogen) atoms. The monoisotopic (exact) mass is 365 g/mol. The molecule has 2 atom stereocenters.